The number of ether oxygens (including phenoxy) is 1. The van der Waals surface area contributed by atoms with Crippen LogP contribution in [0.25, 0.3) is 5.82 Å². The summed E-state index contributed by atoms with van der Waals surface area (Å²) in [6.45, 7) is 3.83. The fraction of sp³-hybridized carbons (Fsp3) is 0.120. The van der Waals surface area contributed by atoms with Crippen molar-refractivity contribution in [3.05, 3.63) is 95.2 Å². The number of hydrogen-bond acceptors (Lipinski definition) is 5. The van der Waals surface area contributed by atoms with Gasteiger partial charge in [0.1, 0.15) is 11.6 Å². The number of nitrogens with zero attached hydrogens (tertiary/aromatic N) is 3. The van der Waals surface area contributed by atoms with Crippen LogP contribution < -0.4 is 15.4 Å². The van der Waals surface area contributed by atoms with E-state index in [0.29, 0.717) is 28.5 Å². The monoisotopic (exact) mass is 459 g/mol. The first-order valence-corrected chi connectivity index (χ1v) is 10.4. The Balaban J connectivity index is 1.50. The van der Waals surface area contributed by atoms with Gasteiger partial charge in [0.2, 0.25) is 0 Å². The molecule has 0 aliphatic heterocycles. The molecule has 0 unspecified atom stereocenters. The standard InChI is InChI=1S/C25H22FN5O3/c1-15-11-16(2)31(30-15)23-10-7-18(14-27-23)25(33)28-20-8-9-22(34-3)21(13-20)29-24(32)17-5-4-6-19(26)12-17/h4-14H,1-3H3,(H,28,33)(H,29,32). The third-order valence-corrected chi connectivity index (χ3v) is 5.03. The maximum Gasteiger partial charge on any atom is 0.257 e. The highest BCUT2D eigenvalue weighted by Crippen LogP contribution is 2.28. The Morgan fingerprint density at radius 2 is 1.74 bits per heavy atom. The van der Waals surface area contributed by atoms with Gasteiger partial charge in [-0.25, -0.2) is 14.1 Å². The Morgan fingerprint density at radius 3 is 2.38 bits per heavy atom. The molecular weight excluding hydrogens is 437 g/mol. The number of anilines is 2. The van der Waals surface area contributed by atoms with Crippen molar-refractivity contribution in [2.24, 2.45) is 0 Å². The molecule has 9 heteroatoms. The second-order valence-corrected chi connectivity index (χ2v) is 7.58. The minimum absolute atomic E-state index is 0.158. The molecule has 2 aromatic carbocycles. The molecule has 0 aliphatic rings. The van der Waals surface area contributed by atoms with Gasteiger partial charge in [0, 0.05) is 23.1 Å². The summed E-state index contributed by atoms with van der Waals surface area (Å²) in [5.41, 5.74) is 3.08. The van der Waals surface area contributed by atoms with Crippen LogP contribution in [-0.4, -0.2) is 33.7 Å². The minimum atomic E-state index is -0.516. The highest BCUT2D eigenvalue weighted by Gasteiger charge is 2.14. The van der Waals surface area contributed by atoms with Gasteiger partial charge in [-0.05, 0) is 68.4 Å². The predicted octanol–water partition coefficient (Wildman–Crippen LogP) is 4.54. The summed E-state index contributed by atoms with van der Waals surface area (Å²) in [7, 11) is 1.46. The van der Waals surface area contributed by atoms with Gasteiger partial charge in [-0.2, -0.15) is 5.10 Å². The highest BCUT2D eigenvalue weighted by molar-refractivity contribution is 6.07. The molecule has 0 aliphatic carbocycles. The maximum atomic E-state index is 13.5. The smallest absolute Gasteiger partial charge is 0.257 e. The van der Waals surface area contributed by atoms with E-state index < -0.39 is 11.7 Å². The van der Waals surface area contributed by atoms with Crippen LogP contribution in [0, 0.1) is 19.7 Å². The maximum absolute atomic E-state index is 13.5. The molecule has 0 bridgehead atoms. The fourth-order valence-electron chi connectivity index (χ4n) is 3.42. The molecule has 0 radical (unpaired) electrons. The fourth-order valence-corrected chi connectivity index (χ4v) is 3.42. The highest BCUT2D eigenvalue weighted by atomic mass is 19.1. The van der Waals surface area contributed by atoms with E-state index in [1.165, 1.54) is 31.5 Å². The van der Waals surface area contributed by atoms with Crippen molar-refractivity contribution in [3.63, 3.8) is 0 Å². The summed E-state index contributed by atoms with van der Waals surface area (Å²) >= 11 is 0. The number of benzene rings is 2. The van der Waals surface area contributed by atoms with Crippen LogP contribution in [0.15, 0.2) is 66.9 Å². The third-order valence-electron chi connectivity index (χ3n) is 5.03. The molecule has 4 aromatic rings. The van der Waals surface area contributed by atoms with Crippen LogP contribution in [0.3, 0.4) is 0 Å². The van der Waals surface area contributed by atoms with E-state index in [1.807, 2.05) is 19.9 Å². The molecule has 0 spiro atoms. The summed E-state index contributed by atoms with van der Waals surface area (Å²) in [6.07, 6.45) is 1.47. The van der Waals surface area contributed by atoms with Gasteiger partial charge >= 0.3 is 0 Å². The van der Waals surface area contributed by atoms with Gasteiger partial charge in [0.25, 0.3) is 11.8 Å². The van der Waals surface area contributed by atoms with Crippen molar-refractivity contribution in [2.45, 2.75) is 13.8 Å². The van der Waals surface area contributed by atoms with E-state index in [0.717, 1.165) is 17.5 Å². The average Bonchev–Trinajstić information content (AvgIpc) is 3.17. The number of amides is 2. The van der Waals surface area contributed by atoms with Crippen LogP contribution in [0.2, 0.25) is 0 Å². The van der Waals surface area contributed by atoms with Crippen LogP contribution in [0.4, 0.5) is 15.8 Å². The quantitative estimate of drug-likeness (QED) is 0.441. The summed E-state index contributed by atoms with van der Waals surface area (Å²) in [6, 6.07) is 15.5. The second kappa shape index (κ2) is 9.53. The summed E-state index contributed by atoms with van der Waals surface area (Å²) in [5, 5.41) is 9.85. The van der Waals surface area contributed by atoms with E-state index in [-0.39, 0.29) is 11.5 Å². The number of rotatable bonds is 6. The van der Waals surface area contributed by atoms with Gasteiger partial charge in [-0.1, -0.05) is 6.07 Å². The number of carbonyl (C=O) groups is 2. The zero-order chi connectivity index (χ0) is 24.2. The molecule has 4 rings (SSSR count). The van der Waals surface area contributed by atoms with E-state index in [4.69, 9.17) is 4.74 Å². The zero-order valence-electron chi connectivity index (χ0n) is 18.8. The van der Waals surface area contributed by atoms with E-state index in [1.54, 1.807) is 35.0 Å². The molecule has 34 heavy (non-hydrogen) atoms. The van der Waals surface area contributed by atoms with Crippen LogP contribution in [0.5, 0.6) is 5.75 Å². The van der Waals surface area contributed by atoms with Crippen LogP contribution >= 0.6 is 0 Å². The Bertz CT molecular complexity index is 1370. The van der Waals surface area contributed by atoms with Gasteiger partial charge in [-0.15, -0.1) is 0 Å². The molecule has 2 heterocycles. The number of methoxy groups -OCH3 is 1. The number of nitrogens with one attached hydrogen (secondary N) is 2. The van der Waals surface area contributed by atoms with E-state index >= 15 is 0 Å². The molecule has 2 N–H and O–H groups in total. The summed E-state index contributed by atoms with van der Waals surface area (Å²) in [4.78, 5) is 29.6. The van der Waals surface area contributed by atoms with Crippen molar-refractivity contribution in [2.75, 3.05) is 17.7 Å². The van der Waals surface area contributed by atoms with Gasteiger partial charge in [0.05, 0.1) is 24.1 Å². The SMILES string of the molecule is COc1ccc(NC(=O)c2ccc(-n3nc(C)cc3C)nc2)cc1NC(=O)c1cccc(F)c1. The van der Waals surface area contributed by atoms with Crippen molar-refractivity contribution in [1.82, 2.24) is 14.8 Å². The molecule has 172 valence electrons. The number of carbonyl (C=O) groups excluding carboxylic acids is 2. The number of pyridine rings is 1. The van der Waals surface area contributed by atoms with Gasteiger partial charge in [0.15, 0.2) is 5.82 Å². The zero-order valence-corrected chi connectivity index (χ0v) is 18.8. The largest absolute Gasteiger partial charge is 0.495 e. The molecule has 0 saturated heterocycles. The Labute approximate surface area is 195 Å². The minimum Gasteiger partial charge on any atom is -0.495 e. The lowest BCUT2D eigenvalue weighted by Crippen LogP contribution is -2.15. The van der Waals surface area contributed by atoms with Crippen molar-refractivity contribution in [1.29, 1.82) is 0 Å². The number of hydrogen-bond donors (Lipinski definition) is 2. The molecule has 0 fully saturated rings. The van der Waals surface area contributed by atoms with Gasteiger partial charge in [-0.3, -0.25) is 9.59 Å². The molecule has 2 amide bonds. The Morgan fingerprint density at radius 1 is 0.941 bits per heavy atom. The topological polar surface area (TPSA) is 98.1 Å². The van der Waals surface area contributed by atoms with Crippen LogP contribution in [-0.2, 0) is 0 Å². The van der Waals surface area contributed by atoms with Crippen molar-refractivity contribution < 1.29 is 18.7 Å². The van der Waals surface area contributed by atoms with Crippen LogP contribution in [0.1, 0.15) is 32.1 Å². The molecular formula is C25H22FN5O3. The number of aryl methyl sites for hydroxylation is 2. The summed E-state index contributed by atoms with van der Waals surface area (Å²) < 4.78 is 20.5. The van der Waals surface area contributed by atoms with E-state index in [2.05, 4.69) is 20.7 Å². The average molecular weight is 459 g/mol. The normalized spacial score (nSPS) is 10.6. The molecule has 0 saturated carbocycles. The second-order valence-electron chi connectivity index (χ2n) is 7.58. The Hall–Kier alpha value is -4.53. The number of halogens is 1. The number of aromatic nitrogens is 3. The molecule has 8 nitrogen and oxygen atoms in total. The lowest BCUT2D eigenvalue weighted by molar-refractivity contribution is 0.101. The first-order valence-electron chi connectivity index (χ1n) is 10.4. The lowest BCUT2D eigenvalue weighted by atomic mass is 10.2. The van der Waals surface area contributed by atoms with Crippen molar-refractivity contribution in [3.8, 4) is 11.6 Å². The first kappa shape index (κ1) is 22.7. The van der Waals surface area contributed by atoms with E-state index in [9.17, 15) is 14.0 Å². The lowest BCUT2D eigenvalue weighted by Gasteiger charge is -2.13. The third kappa shape index (κ3) is 4.93. The molecule has 2 aromatic heterocycles. The van der Waals surface area contributed by atoms with Gasteiger partial charge < -0.3 is 15.4 Å². The first-order chi connectivity index (χ1) is 16.3. The van der Waals surface area contributed by atoms with Crippen molar-refractivity contribution >= 4 is 23.2 Å². The molecule has 0 atom stereocenters. The summed E-state index contributed by atoms with van der Waals surface area (Å²) in [5.74, 6) is -0.407. The predicted molar refractivity (Wildman–Crippen MR) is 126 cm³/mol. The Kier molecular flexibility index (Phi) is 6.35.